The molecule has 0 N–H and O–H groups in total. The van der Waals surface area contributed by atoms with Gasteiger partial charge in [-0.05, 0) is 78.2 Å². The lowest BCUT2D eigenvalue weighted by Crippen LogP contribution is -2.40. The van der Waals surface area contributed by atoms with Gasteiger partial charge in [0.15, 0.2) is 11.0 Å². The molecule has 1 saturated carbocycles. The third-order valence-electron chi connectivity index (χ3n) is 6.11. The van der Waals surface area contributed by atoms with Crippen LogP contribution in [-0.2, 0) is 11.4 Å². The van der Waals surface area contributed by atoms with Crippen molar-refractivity contribution in [3.8, 4) is 5.75 Å². The van der Waals surface area contributed by atoms with Crippen molar-refractivity contribution in [3.63, 3.8) is 0 Å². The lowest BCUT2D eigenvalue weighted by molar-refractivity contribution is -0.124. The quantitative estimate of drug-likeness (QED) is 0.332. The minimum absolute atomic E-state index is 0.0177. The number of pyridine rings is 1. The summed E-state index contributed by atoms with van der Waals surface area (Å²) in [6, 6.07) is 21.2. The van der Waals surface area contributed by atoms with E-state index in [9.17, 15) is 4.79 Å². The average molecular weight is 504 g/mol. The molecule has 0 bridgehead atoms. The van der Waals surface area contributed by atoms with Crippen LogP contribution in [0.1, 0.15) is 43.2 Å². The van der Waals surface area contributed by atoms with Crippen molar-refractivity contribution in [1.82, 2.24) is 9.88 Å². The van der Waals surface area contributed by atoms with Crippen LogP contribution in [0.15, 0.2) is 82.8 Å². The fraction of sp³-hybridized carbons (Fsp3) is 0.250. The summed E-state index contributed by atoms with van der Waals surface area (Å²) in [4.78, 5) is 25.2. The van der Waals surface area contributed by atoms with E-state index in [1.54, 1.807) is 6.20 Å². The van der Waals surface area contributed by atoms with Gasteiger partial charge in [-0.1, -0.05) is 61.2 Å². The third kappa shape index (κ3) is 5.95. The van der Waals surface area contributed by atoms with Crippen molar-refractivity contribution in [2.75, 3.05) is 0 Å². The summed E-state index contributed by atoms with van der Waals surface area (Å²) in [5, 5.41) is 1.41. The zero-order chi connectivity index (χ0) is 24.0. The van der Waals surface area contributed by atoms with Gasteiger partial charge in [-0.3, -0.25) is 9.69 Å². The molecule has 1 saturated heterocycles. The molecule has 2 aromatic carbocycles. The summed E-state index contributed by atoms with van der Waals surface area (Å²) in [5.74, 6) is 1.38. The van der Waals surface area contributed by atoms with Crippen molar-refractivity contribution in [1.29, 1.82) is 0 Å². The summed E-state index contributed by atoms with van der Waals surface area (Å²) in [5.41, 5.74) is 1.95. The molecule has 0 unspecified atom stereocenters. The van der Waals surface area contributed by atoms with E-state index in [1.807, 2.05) is 77.7 Å². The molecule has 1 aliphatic heterocycles. The number of halogens is 1. The number of amides is 1. The SMILES string of the molecule is O=C1/C(=C/c2cccc(OCc3ccc(Cl)cc3)c2)S/C(=N/c2ccccn2)N1C1CCCCC1. The maximum Gasteiger partial charge on any atom is 0.267 e. The Morgan fingerprint density at radius 3 is 2.66 bits per heavy atom. The molecule has 7 heteroatoms. The van der Waals surface area contributed by atoms with Crippen LogP contribution in [0.25, 0.3) is 6.08 Å². The lowest BCUT2D eigenvalue weighted by Gasteiger charge is -2.30. The second-order valence-corrected chi connectivity index (χ2v) is 10.1. The maximum atomic E-state index is 13.5. The zero-order valence-electron chi connectivity index (χ0n) is 19.3. The Labute approximate surface area is 214 Å². The van der Waals surface area contributed by atoms with Crippen LogP contribution in [-0.4, -0.2) is 27.0 Å². The van der Waals surface area contributed by atoms with Crippen LogP contribution in [0, 0.1) is 0 Å². The number of benzene rings is 2. The molecule has 35 heavy (non-hydrogen) atoms. The summed E-state index contributed by atoms with van der Waals surface area (Å²) in [6.07, 6.45) is 9.18. The molecular weight excluding hydrogens is 478 g/mol. The summed E-state index contributed by atoms with van der Waals surface area (Å²) in [6.45, 7) is 0.446. The standard InChI is InChI=1S/C28H26ClN3O2S/c29-22-14-12-20(13-15-22)19-34-24-10-6-7-21(17-24)18-25-27(33)32(23-8-2-1-3-9-23)28(35-25)31-26-11-4-5-16-30-26/h4-7,10-18,23H,1-3,8-9,19H2/b25-18-,31-28+. The molecule has 2 fully saturated rings. The number of rotatable bonds is 6. The van der Waals surface area contributed by atoms with E-state index < -0.39 is 0 Å². The Morgan fingerprint density at radius 1 is 1.06 bits per heavy atom. The monoisotopic (exact) mass is 503 g/mol. The first-order valence-electron chi connectivity index (χ1n) is 11.9. The second kappa shape index (κ2) is 11.1. The Hall–Kier alpha value is -3.09. The number of hydrogen-bond donors (Lipinski definition) is 0. The van der Waals surface area contributed by atoms with E-state index in [-0.39, 0.29) is 11.9 Å². The number of hydrogen-bond acceptors (Lipinski definition) is 5. The Kier molecular flexibility index (Phi) is 7.50. The van der Waals surface area contributed by atoms with Gasteiger partial charge in [-0.2, -0.15) is 0 Å². The first kappa shape index (κ1) is 23.6. The predicted molar refractivity (Wildman–Crippen MR) is 143 cm³/mol. The van der Waals surface area contributed by atoms with Crippen molar-refractivity contribution in [3.05, 3.63) is 94.0 Å². The highest BCUT2D eigenvalue weighted by molar-refractivity contribution is 8.18. The molecule has 3 aromatic rings. The molecule has 178 valence electrons. The highest BCUT2D eigenvalue weighted by atomic mass is 35.5. The van der Waals surface area contributed by atoms with E-state index in [1.165, 1.54) is 18.2 Å². The zero-order valence-corrected chi connectivity index (χ0v) is 20.8. The van der Waals surface area contributed by atoms with Crippen molar-refractivity contribution in [2.24, 2.45) is 4.99 Å². The fourth-order valence-corrected chi connectivity index (χ4v) is 5.51. The van der Waals surface area contributed by atoms with E-state index in [0.717, 1.165) is 42.6 Å². The Balaban J connectivity index is 1.37. The molecule has 0 spiro atoms. The first-order chi connectivity index (χ1) is 17.2. The van der Waals surface area contributed by atoms with Crippen molar-refractivity contribution in [2.45, 2.75) is 44.8 Å². The number of aromatic nitrogens is 1. The van der Waals surface area contributed by atoms with Crippen LogP contribution < -0.4 is 4.74 Å². The molecule has 5 nitrogen and oxygen atoms in total. The van der Waals surface area contributed by atoms with Crippen LogP contribution in [0.5, 0.6) is 5.75 Å². The third-order valence-corrected chi connectivity index (χ3v) is 7.35. The average Bonchev–Trinajstić information content (AvgIpc) is 3.19. The van der Waals surface area contributed by atoms with Crippen LogP contribution in [0.2, 0.25) is 5.02 Å². The molecule has 1 aromatic heterocycles. The van der Waals surface area contributed by atoms with Crippen molar-refractivity contribution < 1.29 is 9.53 Å². The van der Waals surface area contributed by atoms with E-state index in [4.69, 9.17) is 21.3 Å². The molecular formula is C28H26ClN3O2S. The molecule has 2 heterocycles. The summed E-state index contributed by atoms with van der Waals surface area (Å²) >= 11 is 7.39. The number of thioether (sulfide) groups is 1. The van der Waals surface area contributed by atoms with Crippen LogP contribution in [0.3, 0.4) is 0 Å². The minimum Gasteiger partial charge on any atom is -0.489 e. The molecule has 0 radical (unpaired) electrons. The minimum atomic E-state index is 0.0177. The van der Waals surface area contributed by atoms with E-state index in [0.29, 0.717) is 27.5 Å². The predicted octanol–water partition coefficient (Wildman–Crippen LogP) is 7.25. The second-order valence-electron chi connectivity index (χ2n) is 8.65. The normalized spacial score (nSPS) is 19.0. The number of carbonyl (C=O) groups is 1. The topological polar surface area (TPSA) is 54.8 Å². The largest absolute Gasteiger partial charge is 0.489 e. The number of carbonyl (C=O) groups excluding carboxylic acids is 1. The van der Waals surface area contributed by atoms with Gasteiger partial charge in [-0.25, -0.2) is 9.98 Å². The summed E-state index contributed by atoms with van der Waals surface area (Å²) < 4.78 is 5.97. The Morgan fingerprint density at radius 2 is 1.89 bits per heavy atom. The van der Waals surface area contributed by atoms with Gasteiger partial charge in [0.2, 0.25) is 0 Å². The molecule has 2 aliphatic rings. The smallest absolute Gasteiger partial charge is 0.267 e. The van der Waals surface area contributed by atoms with Gasteiger partial charge in [0.1, 0.15) is 12.4 Å². The molecule has 1 aliphatic carbocycles. The molecule has 5 rings (SSSR count). The van der Waals surface area contributed by atoms with Gasteiger partial charge in [0.05, 0.1) is 4.91 Å². The number of ether oxygens (including phenoxy) is 1. The molecule has 0 atom stereocenters. The van der Waals surface area contributed by atoms with Crippen LogP contribution in [0.4, 0.5) is 5.82 Å². The molecule has 1 amide bonds. The first-order valence-corrected chi connectivity index (χ1v) is 13.1. The lowest BCUT2D eigenvalue weighted by atomic mass is 9.94. The van der Waals surface area contributed by atoms with Crippen molar-refractivity contribution >= 4 is 46.3 Å². The number of aliphatic imine (C=N–C) groups is 1. The van der Waals surface area contributed by atoms with Gasteiger partial charge < -0.3 is 4.74 Å². The Bertz CT molecular complexity index is 1240. The van der Waals surface area contributed by atoms with Gasteiger partial charge in [0.25, 0.3) is 5.91 Å². The van der Waals surface area contributed by atoms with Gasteiger partial charge in [-0.15, -0.1) is 0 Å². The highest BCUT2D eigenvalue weighted by Gasteiger charge is 2.38. The van der Waals surface area contributed by atoms with Crippen LogP contribution >= 0.6 is 23.4 Å². The van der Waals surface area contributed by atoms with Gasteiger partial charge >= 0.3 is 0 Å². The highest BCUT2D eigenvalue weighted by Crippen LogP contribution is 2.38. The van der Waals surface area contributed by atoms with E-state index >= 15 is 0 Å². The van der Waals surface area contributed by atoms with Gasteiger partial charge in [0, 0.05) is 17.3 Å². The number of amidine groups is 1. The summed E-state index contributed by atoms with van der Waals surface area (Å²) in [7, 11) is 0. The maximum absolute atomic E-state index is 13.5. The fourth-order valence-electron chi connectivity index (χ4n) is 4.34. The number of nitrogens with zero attached hydrogens (tertiary/aromatic N) is 3. The van der Waals surface area contributed by atoms with E-state index in [2.05, 4.69) is 4.98 Å².